The van der Waals surface area contributed by atoms with Gasteiger partial charge in [0, 0.05) is 0 Å². The van der Waals surface area contributed by atoms with Crippen molar-refractivity contribution in [1.82, 2.24) is 0 Å². The molecule has 3 aliphatic rings. The molecule has 4 nitrogen and oxygen atoms in total. The van der Waals surface area contributed by atoms with Gasteiger partial charge in [-0.25, -0.2) is 0 Å². The molecule has 0 radical (unpaired) electrons. The van der Waals surface area contributed by atoms with Crippen molar-refractivity contribution < 1.29 is 18.9 Å². The van der Waals surface area contributed by atoms with Crippen LogP contribution in [-0.2, 0) is 19.6 Å². The van der Waals surface area contributed by atoms with Gasteiger partial charge in [0.25, 0.3) is 0 Å². The standard InChI is InChI=1S/C31H29O4P/c1-2-21(13-16-30(36)35-20-25-19-34-25)31(22-11-14-23(15-12-22)32-17-24-18-33-24)28-9-5-3-7-26(28)27-8-4-6-10-29(27)31/h2-16,24-25,36H,17-20H2,1H3/b16-13-,21-2+. The highest BCUT2D eigenvalue weighted by Gasteiger charge is 2.46. The van der Waals surface area contributed by atoms with Gasteiger partial charge in [-0.2, -0.15) is 0 Å². The van der Waals surface area contributed by atoms with Crippen LogP contribution in [0.5, 0.6) is 5.75 Å². The van der Waals surface area contributed by atoms with E-state index in [9.17, 15) is 0 Å². The summed E-state index contributed by atoms with van der Waals surface area (Å²) in [6.07, 6.45) is 6.79. The molecule has 2 saturated heterocycles. The number of fused-ring (bicyclic) bond motifs is 3. The minimum absolute atomic E-state index is 0.207. The first-order valence-electron chi connectivity index (χ1n) is 12.4. The van der Waals surface area contributed by atoms with E-state index in [1.807, 2.05) is 6.08 Å². The lowest BCUT2D eigenvalue weighted by Gasteiger charge is -2.34. The maximum atomic E-state index is 5.95. The van der Waals surface area contributed by atoms with E-state index >= 15 is 0 Å². The minimum atomic E-state index is -0.470. The summed E-state index contributed by atoms with van der Waals surface area (Å²) in [5.41, 5.74) is 7.64. The predicted octanol–water partition coefficient (Wildman–Crippen LogP) is 5.97. The van der Waals surface area contributed by atoms with Crippen LogP contribution in [0.25, 0.3) is 11.1 Å². The van der Waals surface area contributed by atoms with E-state index < -0.39 is 5.41 Å². The summed E-state index contributed by atoms with van der Waals surface area (Å²) < 4.78 is 22.3. The number of benzene rings is 3. The van der Waals surface area contributed by atoms with Crippen LogP contribution in [0.2, 0.25) is 0 Å². The molecule has 2 atom stereocenters. The van der Waals surface area contributed by atoms with Gasteiger partial charge in [-0.3, -0.25) is 0 Å². The average molecular weight is 497 g/mol. The summed E-state index contributed by atoms with van der Waals surface area (Å²) in [5.74, 6) is 0.855. The summed E-state index contributed by atoms with van der Waals surface area (Å²) in [5, 5.41) is 0. The van der Waals surface area contributed by atoms with Crippen LogP contribution in [0.3, 0.4) is 0 Å². The molecule has 0 spiro atoms. The number of epoxide rings is 2. The van der Waals surface area contributed by atoms with Crippen molar-refractivity contribution >= 4 is 14.3 Å². The lowest BCUT2D eigenvalue weighted by molar-refractivity contribution is 0.260. The Morgan fingerprint density at radius 2 is 1.44 bits per heavy atom. The number of ether oxygens (including phenoxy) is 4. The summed E-state index contributed by atoms with van der Waals surface area (Å²) in [6.45, 7) is 4.81. The number of rotatable bonds is 10. The number of hydrogen-bond acceptors (Lipinski definition) is 4. The summed E-state index contributed by atoms with van der Waals surface area (Å²) in [6, 6.07) is 26.0. The molecule has 5 heteroatoms. The SMILES string of the molecule is C/C=C(\C=C/C(=P)OCC1CO1)C1(c2ccc(OCC3CO3)cc2)c2ccccc2-c2ccccc21. The summed E-state index contributed by atoms with van der Waals surface area (Å²) in [4.78, 5) is 0. The number of allylic oxidation sites excluding steroid dienone is 3. The molecular formula is C31H29O4P. The van der Waals surface area contributed by atoms with E-state index in [-0.39, 0.29) is 12.2 Å². The Morgan fingerprint density at radius 1 is 0.861 bits per heavy atom. The summed E-state index contributed by atoms with van der Waals surface area (Å²) in [7, 11) is 3.64. The van der Waals surface area contributed by atoms with Crippen LogP contribution in [0.1, 0.15) is 23.6 Å². The molecule has 36 heavy (non-hydrogen) atoms. The zero-order valence-electron chi connectivity index (χ0n) is 20.3. The van der Waals surface area contributed by atoms with Crippen molar-refractivity contribution in [3.05, 3.63) is 113 Å². The van der Waals surface area contributed by atoms with Crippen LogP contribution < -0.4 is 4.74 Å². The molecule has 6 rings (SSSR count). The molecular weight excluding hydrogens is 467 g/mol. The highest BCUT2D eigenvalue weighted by Crippen LogP contribution is 2.56. The molecule has 2 aliphatic heterocycles. The highest BCUT2D eigenvalue weighted by molar-refractivity contribution is 7.21. The van der Waals surface area contributed by atoms with Crippen LogP contribution >= 0.6 is 8.86 Å². The molecule has 1 aliphatic carbocycles. The molecule has 2 fully saturated rings. The van der Waals surface area contributed by atoms with E-state index in [0.717, 1.165) is 19.0 Å². The molecule has 3 aromatic carbocycles. The maximum Gasteiger partial charge on any atom is 0.119 e. The Hall–Kier alpha value is -3.01. The lowest BCUT2D eigenvalue weighted by Crippen LogP contribution is -2.29. The fourth-order valence-electron chi connectivity index (χ4n) is 5.18. The fraction of sp³-hybridized carbons (Fsp3) is 0.258. The van der Waals surface area contributed by atoms with Gasteiger partial charge >= 0.3 is 0 Å². The van der Waals surface area contributed by atoms with Crippen molar-refractivity contribution in [3.8, 4) is 16.9 Å². The molecule has 2 unspecified atom stereocenters. The molecule has 3 aromatic rings. The zero-order valence-corrected chi connectivity index (χ0v) is 21.3. The van der Waals surface area contributed by atoms with E-state index in [4.69, 9.17) is 18.9 Å². The van der Waals surface area contributed by atoms with E-state index in [1.165, 1.54) is 33.4 Å². The van der Waals surface area contributed by atoms with Gasteiger partial charge < -0.3 is 18.9 Å². The third-order valence-corrected chi connectivity index (χ3v) is 7.37. The molecule has 0 bridgehead atoms. The van der Waals surface area contributed by atoms with Crippen molar-refractivity contribution in [1.29, 1.82) is 0 Å². The molecule has 182 valence electrons. The van der Waals surface area contributed by atoms with Crippen molar-refractivity contribution in [2.24, 2.45) is 0 Å². The van der Waals surface area contributed by atoms with Gasteiger partial charge in [0.1, 0.15) is 24.6 Å². The van der Waals surface area contributed by atoms with Crippen LogP contribution in [0, 0.1) is 0 Å². The van der Waals surface area contributed by atoms with Crippen molar-refractivity contribution in [3.63, 3.8) is 0 Å². The van der Waals surface area contributed by atoms with Gasteiger partial charge in [-0.05, 0) is 58.5 Å². The van der Waals surface area contributed by atoms with Crippen molar-refractivity contribution in [2.75, 3.05) is 26.4 Å². The largest absolute Gasteiger partial charge is 0.491 e. The highest BCUT2D eigenvalue weighted by atomic mass is 31.0. The molecule has 0 saturated carbocycles. The third-order valence-electron chi connectivity index (χ3n) is 7.06. The average Bonchev–Trinajstić information content (AvgIpc) is 3.86. The van der Waals surface area contributed by atoms with E-state index in [0.29, 0.717) is 18.7 Å². The Kier molecular flexibility index (Phi) is 6.37. The Bertz CT molecular complexity index is 1290. The Labute approximate surface area is 214 Å². The van der Waals surface area contributed by atoms with Crippen LogP contribution in [-0.4, -0.2) is 44.1 Å². The monoisotopic (exact) mass is 496 g/mol. The van der Waals surface area contributed by atoms with E-state index in [1.54, 1.807) is 0 Å². The minimum Gasteiger partial charge on any atom is -0.491 e. The fourth-order valence-corrected chi connectivity index (χ4v) is 5.34. The molecule has 2 heterocycles. The molecule has 0 N–H and O–H groups in total. The Balaban J connectivity index is 1.44. The molecule has 0 amide bonds. The second-order valence-corrected chi connectivity index (χ2v) is 9.83. The predicted molar refractivity (Wildman–Crippen MR) is 145 cm³/mol. The first kappa shape index (κ1) is 23.4. The third kappa shape index (κ3) is 4.36. The lowest BCUT2D eigenvalue weighted by atomic mass is 9.67. The topological polar surface area (TPSA) is 43.5 Å². The normalized spacial score (nSPS) is 21.2. The smallest absolute Gasteiger partial charge is 0.119 e. The van der Waals surface area contributed by atoms with E-state index in [2.05, 4.69) is 101 Å². The zero-order chi connectivity index (χ0) is 24.5. The van der Waals surface area contributed by atoms with Crippen LogP contribution in [0.4, 0.5) is 0 Å². The van der Waals surface area contributed by atoms with Crippen molar-refractivity contribution in [2.45, 2.75) is 24.5 Å². The first-order chi connectivity index (χ1) is 17.7. The van der Waals surface area contributed by atoms with Gasteiger partial charge in [-0.15, -0.1) is 0 Å². The van der Waals surface area contributed by atoms with Crippen LogP contribution in [0.15, 0.2) is 96.6 Å². The Morgan fingerprint density at radius 3 is 2.03 bits per heavy atom. The number of hydrogen-bond donors (Lipinski definition) is 0. The second kappa shape index (κ2) is 9.80. The van der Waals surface area contributed by atoms with Gasteiger partial charge in [0.2, 0.25) is 0 Å². The van der Waals surface area contributed by atoms with Gasteiger partial charge in [0.15, 0.2) is 0 Å². The first-order valence-corrected chi connectivity index (χ1v) is 12.9. The second-order valence-electron chi connectivity index (χ2n) is 9.34. The maximum absolute atomic E-state index is 5.95. The van der Waals surface area contributed by atoms with Gasteiger partial charge in [-0.1, -0.05) is 81.7 Å². The molecule has 0 aromatic heterocycles. The quantitative estimate of drug-likeness (QED) is 0.197. The van der Waals surface area contributed by atoms with Gasteiger partial charge in [0.05, 0.1) is 30.7 Å². The summed E-state index contributed by atoms with van der Waals surface area (Å²) >= 11 is 0.